The van der Waals surface area contributed by atoms with Gasteiger partial charge in [0.25, 0.3) is 0 Å². The summed E-state index contributed by atoms with van der Waals surface area (Å²) in [7, 11) is 0. The summed E-state index contributed by atoms with van der Waals surface area (Å²) in [5, 5.41) is 13.0. The number of fused-ring (bicyclic) bond motifs is 1. The van der Waals surface area contributed by atoms with Crippen LogP contribution in [0.3, 0.4) is 0 Å². The van der Waals surface area contributed by atoms with Gasteiger partial charge in [0.2, 0.25) is 0 Å². The summed E-state index contributed by atoms with van der Waals surface area (Å²) in [5.74, 6) is 0.980. The molecule has 1 saturated carbocycles. The van der Waals surface area contributed by atoms with Crippen molar-refractivity contribution in [3.8, 4) is 5.75 Å². The molecular formula is C15H21NO2. The van der Waals surface area contributed by atoms with E-state index in [9.17, 15) is 5.11 Å². The van der Waals surface area contributed by atoms with Crippen molar-refractivity contribution in [1.29, 1.82) is 0 Å². The minimum atomic E-state index is -0.227. The molecule has 0 bridgehead atoms. The number of hydrogen-bond donors (Lipinski definition) is 2. The molecule has 3 rings (SSSR count). The summed E-state index contributed by atoms with van der Waals surface area (Å²) in [5.41, 5.74) is 1.14. The number of nitrogens with one attached hydrogen (secondary N) is 1. The third-order valence-corrected chi connectivity index (χ3v) is 4.27. The normalized spacial score (nSPS) is 26.5. The number of rotatable bonds is 4. The Labute approximate surface area is 108 Å². The van der Waals surface area contributed by atoms with Gasteiger partial charge in [-0.3, -0.25) is 0 Å². The van der Waals surface area contributed by atoms with Crippen LogP contribution >= 0.6 is 0 Å². The van der Waals surface area contributed by atoms with E-state index in [1.165, 1.54) is 5.56 Å². The molecule has 1 heterocycles. The van der Waals surface area contributed by atoms with Gasteiger partial charge in [0.15, 0.2) is 0 Å². The first kappa shape index (κ1) is 12.0. The van der Waals surface area contributed by atoms with Crippen molar-refractivity contribution in [3.63, 3.8) is 0 Å². The van der Waals surface area contributed by atoms with Gasteiger partial charge in [-0.05, 0) is 32.8 Å². The van der Waals surface area contributed by atoms with Crippen LogP contribution in [0.15, 0.2) is 24.3 Å². The highest BCUT2D eigenvalue weighted by atomic mass is 16.5. The zero-order valence-corrected chi connectivity index (χ0v) is 11.1. The second-order valence-electron chi connectivity index (χ2n) is 6.22. The molecule has 3 heteroatoms. The highest BCUT2D eigenvalue weighted by molar-refractivity contribution is 5.42. The quantitative estimate of drug-likeness (QED) is 0.857. The number of hydrogen-bond acceptors (Lipinski definition) is 3. The smallest absolute Gasteiger partial charge is 0.125 e. The molecule has 1 aliphatic heterocycles. The number of aliphatic hydroxyl groups excluding tert-OH is 1. The molecule has 1 aliphatic carbocycles. The average molecular weight is 247 g/mol. The zero-order valence-electron chi connectivity index (χ0n) is 11.1. The van der Waals surface area contributed by atoms with Crippen LogP contribution in [0.25, 0.3) is 0 Å². The molecule has 2 aliphatic rings. The van der Waals surface area contributed by atoms with Crippen LogP contribution in [0, 0.1) is 5.41 Å². The van der Waals surface area contributed by atoms with Crippen molar-refractivity contribution in [2.24, 2.45) is 5.41 Å². The lowest BCUT2D eigenvalue weighted by molar-refractivity contribution is 0.0904. The second-order valence-corrected chi connectivity index (χ2v) is 6.22. The van der Waals surface area contributed by atoms with Gasteiger partial charge >= 0.3 is 0 Å². The third-order valence-electron chi connectivity index (χ3n) is 4.27. The van der Waals surface area contributed by atoms with Crippen molar-refractivity contribution in [2.75, 3.05) is 13.2 Å². The monoisotopic (exact) mass is 247 g/mol. The van der Waals surface area contributed by atoms with Crippen LogP contribution < -0.4 is 10.1 Å². The lowest BCUT2D eigenvalue weighted by Gasteiger charge is -2.28. The van der Waals surface area contributed by atoms with Crippen LogP contribution in [0.2, 0.25) is 0 Å². The van der Waals surface area contributed by atoms with Gasteiger partial charge in [-0.25, -0.2) is 0 Å². The average Bonchev–Trinajstić information content (AvgIpc) is 3.06. The largest absolute Gasteiger partial charge is 0.486 e. The number of ether oxygens (including phenoxy) is 1. The molecule has 3 nitrogen and oxygen atoms in total. The number of benzene rings is 1. The Hall–Kier alpha value is -1.06. The topological polar surface area (TPSA) is 41.5 Å². The Morgan fingerprint density at radius 3 is 2.72 bits per heavy atom. The van der Waals surface area contributed by atoms with Crippen molar-refractivity contribution in [3.05, 3.63) is 29.8 Å². The fourth-order valence-electron chi connectivity index (χ4n) is 2.77. The van der Waals surface area contributed by atoms with E-state index in [2.05, 4.69) is 31.3 Å². The maximum Gasteiger partial charge on any atom is 0.125 e. The van der Waals surface area contributed by atoms with Crippen LogP contribution in [-0.2, 0) is 0 Å². The van der Waals surface area contributed by atoms with E-state index >= 15 is 0 Å². The van der Waals surface area contributed by atoms with Crippen molar-refractivity contribution in [1.82, 2.24) is 5.32 Å². The Bertz CT molecular complexity index is 452. The molecule has 98 valence electrons. The van der Waals surface area contributed by atoms with E-state index in [1.807, 2.05) is 12.1 Å². The van der Waals surface area contributed by atoms with Crippen LogP contribution in [0.1, 0.15) is 38.3 Å². The van der Waals surface area contributed by atoms with E-state index < -0.39 is 0 Å². The molecule has 1 aromatic rings. The van der Waals surface area contributed by atoms with E-state index in [0.717, 1.165) is 25.1 Å². The fourth-order valence-corrected chi connectivity index (χ4v) is 2.77. The van der Waals surface area contributed by atoms with Crippen LogP contribution in [0.4, 0.5) is 0 Å². The molecule has 18 heavy (non-hydrogen) atoms. The van der Waals surface area contributed by atoms with Gasteiger partial charge in [0, 0.05) is 24.1 Å². The highest BCUT2D eigenvalue weighted by Crippen LogP contribution is 2.47. The fraction of sp³-hybridized carbons (Fsp3) is 0.600. The Morgan fingerprint density at radius 1 is 1.33 bits per heavy atom. The summed E-state index contributed by atoms with van der Waals surface area (Å²) in [6.45, 7) is 5.39. The molecule has 2 N–H and O–H groups in total. The highest BCUT2D eigenvalue weighted by Gasteiger charge is 2.46. The number of para-hydroxylation sites is 1. The van der Waals surface area contributed by atoms with Crippen molar-refractivity contribution >= 4 is 0 Å². The van der Waals surface area contributed by atoms with Gasteiger partial charge in [-0.1, -0.05) is 18.2 Å². The molecule has 1 fully saturated rings. The van der Waals surface area contributed by atoms with E-state index in [0.29, 0.717) is 0 Å². The van der Waals surface area contributed by atoms with Gasteiger partial charge in [0.05, 0.1) is 6.04 Å². The minimum Gasteiger partial charge on any atom is -0.486 e. The van der Waals surface area contributed by atoms with Gasteiger partial charge < -0.3 is 15.2 Å². The zero-order chi connectivity index (χ0) is 12.8. The molecule has 1 atom stereocenters. The molecular weight excluding hydrogens is 226 g/mol. The van der Waals surface area contributed by atoms with E-state index in [1.54, 1.807) is 0 Å². The van der Waals surface area contributed by atoms with Crippen LogP contribution in [-0.4, -0.2) is 23.9 Å². The predicted octanol–water partition coefficient (Wildman–Crippen LogP) is 2.26. The molecule has 0 saturated heterocycles. The third kappa shape index (κ3) is 1.91. The maximum atomic E-state index is 9.38. The Kier molecular flexibility index (Phi) is 2.65. The first-order chi connectivity index (χ1) is 8.56. The van der Waals surface area contributed by atoms with Crippen molar-refractivity contribution in [2.45, 2.75) is 38.3 Å². The SMILES string of the molecule is CC1(C)Oc2ccccc2C1NCC1(CO)CC1. The lowest BCUT2D eigenvalue weighted by Crippen LogP contribution is -2.41. The summed E-state index contributed by atoms with van der Waals surface area (Å²) < 4.78 is 6.00. The summed E-state index contributed by atoms with van der Waals surface area (Å²) in [4.78, 5) is 0. The second kappa shape index (κ2) is 3.97. The van der Waals surface area contributed by atoms with Crippen LogP contribution in [0.5, 0.6) is 5.75 Å². The van der Waals surface area contributed by atoms with Gasteiger partial charge in [-0.2, -0.15) is 0 Å². The van der Waals surface area contributed by atoms with E-state index in [4.69, 9.17) is 4.74 Å². The molecule has 0 radical (unpaired) electrons. The minimum absolute atomic E-state index is 0.133. The lowest BCUT2D eigenvalue weighted by atomic mass is 9.93. The Balaban J connectivity index is 1.77. The molecule has 0 amide bonds. The van der Waals surface area contributed by atoms with E-state index in [-0.39, 0.29) is 23.7 Å². The first-order valence-corrected chi connectivity index (χ1v) is 6.69. The molecule has 0 spiro atoms. The molecule has 1 unspecified atom stereocenters. The van der Waals surface area contributed by atoms with Gasteiger partial charge in [0.1, 0.15) is 11.4 Å². The first-order valence-electron chi connectivity index (χ1n) is 6.69. The summed E-state index contributed by atoms with van der Waals surface area (Å²) in [6, 6.07) is 8.42. The van der Waals surface area contributed by atoms with Gasteiger partial charge in [-0.15, -0.1) is 0 Å². The maximum absolute atomic E-state index is 9.38. The predicted molar refractivity (Wildman–Crippen MR) is 70.6 cm³/mol. The number of aliphatic hydroxyl groups is 1. The van der Waals surface area contributed by atoms with Crippen molar-refractivity contribution < 1.29 is 9.84 Å². The standard InChI is InChI=1S/C15H21NO2/c1-14(2)13(16-9-15(10-17)7-8-15)11-5-3-4-6-12(11)18-14/h3-6,13,16-17H,7-10H2,1-2H3. The Morgan fingerprint density at radius 2 is 2.06 bits per heavy atom. The molecule has 1 aromatic carbocycles. The summed E-state index contributed by atoms with van der Waals surface area (Å²) in [6.07, 6.45) is 2.26. The molecule has 0 aromatic heterocycles. The summed E-state index contributed by atoms with van der Waals surface area (Å²) >= 11 is 0.